The molecule has 0 radical (unpaired) electrons. The fourth-order valence-corrected chi connectivity index (χ4v) is 4.43. The maximum atomic E-state index is 12.5. The average molecular weight is 410 g/mol. The minimum absolute atomic E-state index is 0.0302. The third-order valence-electron chi connectivity index (χ3n) is 3.70. The Morgan fingerprint density at radius 2 is 2.04 bits per heavy atom. The number of rotatable bonds is 4. The summed E-state index contributed by atoms with van der Waals surface area (Å²) in [6.45, 7) is 2.66. The molecule has 26 heavy (non-hydrogen) atoms. The summed E-state index contributed by atoms with van der Waals surface area (Å²) in [4.78, 5) is 17.2. The van der Waals surface area contributed by atoms with Crippen molar-refractivity contribution >= 4 is 49.1 Å². The highest BCUT2D eigenvalue weighted by Crippen LogP contribution is 2.22. The molecule has 3 rings (SSSR count). The summed E-state index contributed by atoms with van der Waals surface area (Å²) in [7, 11) is -3.80. The first kappa shape index (κ1) is 18.8. The van der Waals surface area contributed by atoms with Gasteiger partial charge in [0.05, 0.1) is 15.1 Å². The first-order chi connectivity index (χ1) is 12.3. The van der Waals surface area contributed by atoms with Crippen LogP contribution < -0.4 is 9.94 Å². The van der Waals surface area contributed by atoms with Crippen LogP contribution in [0.4, 0.5) is 0 Å². The van der Waals surface area contributed by atoms with E-state index in [0.717, 1.165) is 11.9 Å². The van der Waals surface area contributed by atoms with Crippen LogP contribution in [-0.4, -0.2) is 18.9 Å². The quantitative estimate of drug-likeness (QED) is 0.716. The van der Waals surface area contributed by atoms with Crippen LogP contribution in [0, 0.1) is 0 Å². The smallest absolute Gasteiger partial charge is 0.279 e. The molecule has 0 saturated carbocycles. The molecule has 0 spiro atoms. The highest BCUT2D eigenvalue weighted by atomic mass is 35.5. The van der Waals surface area contributed by atoms with E-state index >= 15 is 0 Å². The van der Waals surface area contributed by atoms with Gasteiger partial charge in [-0.15, -0.1) is 0 Å². The van der Waals surface area contributed by atoms with Crippen LogP contribution in [0.1, 0.15) is 23.7 Å². The molecule has 2 aromatic carbocycles. The van der Waals surface area contributed by atoms with Crippen molar-refractivity contribution in [2.45, 2.75) is 24.8 Å². The molecule has 0 unspecified atom stereocenters. The molecule has 2 N–H and O–H groups in total. The van der Waals surface area contributed by atoms with Crippen LogP contribution in [0.2, 0.25) is 5.02 Å². The van der Waals surface area contributed by atoms with Crippen molar-refractivity contribution in [1.82, 2.24) is 4.57 Å². The molecule has 1 amide bonds. The Labute approximate surface area is 159 Å². The molecule has 1 aromatic heterocycles. The number of benzene rings is 2. The molecule has 1 heterocycles. The SMILES string of the molecule is CCCn1c(=NC(=O)c2cccc(Cl)c2)sc2cc(S(N)(=O)=O)ccc21. The van der Waals surface area contributed by atoms with Gasteiger partial charge in [-0.25, -0.2) is 13.6 Å². The number of fused-ring (bicyclic) bond motifs is 1. The topological polar surface area (TPSA) is 94.5 Å². The van der Waals surface area contributed by atoms with E-state index < -0.39 is 15.9 Å². The molecule has 3 aromatic rings. The second-order valence-electron chi connectivity index (χ2n) is 5.64. The summed E-state index contributed by atoms with van der Waals surface area (Å²) in [5.41, 5.74) is 1.20. The zero-order chi connectivity index (χ0) is 18.9. The van der Waals surface area contributed by atoms with E-state index in [4.69, 9.17) is 16.7 Å². The van der Waals surface area contributed by atoms with E-state index in [9.17, 15) is 13.2 Å². The zero-order valence-corrected chi connectivity index (χ0v) is 16.2. The standard InChI is InChI=1S/C17H16ClN3O3S2/c1-2-8-21-14-7-6-13(26(19,23)24)10-15(14)25-17(21)20-16(22)11-4-3-5-12(18)9-11/h3-7,9-10H,2,8H2,1H3,(H2,19,23,24). The predicted octanol–water partition coefficient (Wildman–Crippen LogP) is 3.15. The maximum Gasteiger partial charge on any atom is 0.279 e. The lowest BCUT2D eigenvalue weighted by atomic mass is 10.2. The summed E-state index contributed by atoms with van der Waals surface area (Å²) in [5.74, 6) is -0.407. The number of nitrogens with zero attached hydrogens (tertiary/aromatic N) is 2. The fourth-order valence-electron chi connectivity index (χ4n) is 2.53. The van der Waals surface area contributed by atoms with Gasteiger partial charge >= 0.3 is 0 Å². The Kier molecular flexibility index (Phi) is 5.29. The van der Waals surface area contributed by atoms with E-state index in [1.807, 2.05) is 11.5 Å². The summed E-state index contributed by atoms with van der Waals surface area (Å²) in [5, 5.41) is 5.66. The maximum absolute atomic E-state index is 12.5. The molecular weight excluding hydrogens is 394 g/mol. The molecule has 0 bridgehead atoms. The van der Waals surface area contributed by atoms with Crippen molar-refractivity contribution in [1.29, 1.82) is 0 Å². The molecule has 0 aliphatic rings. The van der Waals surface area contributed by atoms with Gasteiger partial charge in [0.2, 0.25) is 10.0 Å². The Bertz CT molecular complexity index is 1160. The number of aryl methyl sites for hydroxylation is 1. The van der Waals surface area contributed by atoms with Crippen molar-refractivity contribution < 1.29 is 13.2 Å². The van der Waals surface area contributed by atoms with Crippen LogP contribution in [0.15, 0.2) is 52.4 Å². The zero-order valence-electron chi connectivity index (χ0n) is 13.8. The van der Waals surface area contributed by atoms with Gasteiger partial charge in [-0.1, -0.05) is 35.9 Å². The first-order valence-corrected chi connectivity index (χ1v) is 10.5. The number of carbonyl (C=O) groups excluding carboxylic acids is 1. The third kappa shape index (κ3) is 3.88. The molecule has 136 valence electrons. The van der Waals surface area contributed by atoms with Crippen LogP contribution in [0.5, 0.6) is 0 Å². The average Bonchev–Trinajstić information content (AvgIpc) is 2.91. The van der Waals surface area contributed by atoms with Crippen LogP contribution >= 0.6 is 22.9 Å². The Balaban J connectivity index is 2.17. The normalized spacial score (nSPS) is 12.7. The van der Waals surface area contributed by atoms with Gasteiger partial charge in [0.25, 0.3) is 5.91 Å². The minimum Gasteiger partial charge on any atom is -0.316 e. The lowest BCUT2D eigenvalue weighted by Crippen LogP contribution is -2.17. The molecule has 0 fully saturated rings. The van der Waals surface area contributed by atoms with Gasteiger partial charge in [-0.05, 0) is 42.8 Å². The number of primary sulfonamides is 1. The number of amides is 1. The minimum atomic E-state index is -3.80. The Hall–Kier alpha value is -2.00. The van der Waals surface area contributed by atoms with Crippen molar-refractivity contribution in [3.05, 3.63) is 57.9 Å². The number of aromatic nitrogens is 1. The summed E-state index contributed by atoms with van der Waals surface area (Å²) < 4.78 is 25.7. The van der Waals surface area contributed by atoms with E-state index in [0.29, 0.717) is 26.6 Å². The number of hydrogen-bond donors (Lipinski definition) is 1. The van der Waals surface area contributed by atoms with Crippen molar-refractivity contribution in [3.8, 4) is 0 Å². The van der Waals surface area contributed by atoms with Gasteiger partial charge in [0, 0.05) is 17.1 Å². The van der Waals surface area contributed by atoms with Crippen molar-refractivity contribution in [3.63, 3.8) is 0 Å². The van der Waals surface area contributed by atoms with Crippen LogP contribution in [-0.2, 0) is 16.6 Å². The van der Waals surface area contributed by atoms with Crippen molar-refractivity contribution in [2.75, 3.05) is 0 Å². The van der Waals surface area contributed by atoms with Gasteiger partial charge in [-0.2, -0.15) is 4.99 Å². The molecule has 0 saturated heterocycles. The number of thiazole rings is 1. The lowest BCUT2D eigenvalue weighted by molar-refractivity contribution is 0.0998. The van der Waals surface area contributed by atoms with Gasteiger partial charge in [0.1, 0.15) is 0 Å². The van der Waals surface area contributed by atoms with E-state index in [1.165, 1.54) is 23.5 Å². The van der Waals surface area contributed by atoms with Crippen molar-refractivity contribution in [2.24, 2.45) is 10.1 Å². The number of hydrogen-bond acceptors (Lipinski definition) is 4. The van der Waals surface area contributed by atoms with Crippen LogP contribution in [0.25, 0.3) is 10.2 Å². The molecule has 0 aliphatic heterocycles. The second-order valence-corrected chi connectivity index (χ2v) is 8.65. The first-order valence-electron chi connectivity index (χ1n) is 7.80. The Morgan fingerprint density at radius 1 is 1.27 bits per heavy atom. The number of halogens is 1. The molecule has 6 nitrogen and oxygen atoms in total. The number of carbonyl (C=O) groups is 1. The highest BCUT2D eigenvalue weighted by Gasteiger charge is 2.13. The molecule has 0 atom stereocenters. The molecule has 9 heteroatoms. The van der Waals surface area contributed by atoms with Gasteiger partial charge < -0.3 is 4.57 Å². The molecular formula is C17H16ClN3O3S2. The molecule has 0 aliphatic carbocycles. The monoisotopic (exact) mass is 409 g/mol. The third-order valence-corrected chi connectivity index (χ3v) is 5.89. The summed E-state index contributed by atoms with van der Waals surface area (Å²) >= 11 is 7.18. The van der Waals surface area contributed by atoms with E-state index in [1.54, 1.807) is 30.3 Å². The number of sulfonamides is 1. The highest BCUT2D eigenvalue weighted by molar-refractivity contribution is 7.89. The summed E-state index contributed by atoms with van der Waals surface area (Å²) in [6.07, 6.45) is 0.835. The van der Waals surface area contributed by atoms with E-state index in [-0.39, 0.29) is 4.90 Å². The van der Waals surface area contributed by atoms with E-state index in [2.05, 4.69) is 4.99 Å². The lowest BCUT2D eigenvalue weighted by Gasteiger charge is -2.03. The summed E-state index contributed by atoms with van der Waals surface area (Å²) in [6, 6.07) is 11.2. The predicted molar refractivity (Wildman–Crippen MR) is 103 cm³/mol. The Morgan fingerprint density at radius 3 is 2.69 bits per heavy atom. The number of nitrogens with two attached hydrogens (primary N) is 1. The van der Waals surface area contributed by atoms with Gasteiger partial charge in [-0.3, -0.25) is 4.79 Å². The fraction of sp³-hybridized carbons (Fsp3) is 0.176. The van der Waals surface area contributed by atoms with Gasteiger partial charge in [0.15, 0.2) is 4.80 Å². The second kappa shape index (κ2) is 7.32. The van der Waals surface area contributed by atoms with Crippen LogP contribution in [0.3, 0.4) is 0 Å². The largest absolute Gasteiger partial charge is 0.316 e.